The smallest absolute Gasteiger partial charge is 0.350 e. The molecule has 1 aliphatic carbocycles. The van der Waals surface area contributed by atoms with Gasteiger partial charge in [0.05, 0.1) is 0 Å². The minimum atomic E-state index is -0.368. The van der Waals surface area contributed by atoms with Crippen molar-refractivity contribution in [3.05, 3.63) is 51.6 Å². The van der Waals surface area contributed by atoms with Crippen molar-refractivity contribution in [1.29, 1.82) is 0 Å². The summed E-state index contributed by atoms with van der Waals surface area (Å²) in [6, 6.07) is 6.85. The standard InChI is InChI=1S/C23H32N4O2/c1-18-17-27(23(29)24-22(18)28)12-5-4-11-25-13-15-26(16-14-25)21-10-6-8-19-7-2-3-9-20(19)21/h6,8,10,17H,2-5,7,9,11-16H2,1H3,(H,24,28,29). The number of rotatable bonds is 6. The van der Waals surface area contributed by atoms with Gasteiger partial charge in [0.2, 0.25) is 5.88 Å². The van der Waals surface area contributed by atoms with Crippen molar-refractivity contribution in [3.63, 3.8) is 0 Å². The molecule has 1 fully saturated rings. The monoisotopic (exact) mass is 396 g/mol. The Morgan fingerprint density at radius 2 is 1.79 bits per heavy atom. The molecule has 2 heterocycles. The van der Waals surface area contributed by atoms with E-state index in [-0.39, 0.29) is 11.6 Å². The van der Waals surface area contributed by atoms with Gasteiger partial charge in [-0.1, -0.05) is 12.1 Å². The molecule has 0 spiro atoms. The highest BCUT2D eigenvalue weighted by Gasteiger charge is 2.21. The van der Waals surface area contributed by atoms with Gasteiger partial charge in [0.1, 0.15) is 0 Å². The van der Waals surface area contributed by atoms with Crippen molar-refractivity contribution in [2.45, 2.75) is 52.0 Å². The third kappa shape index (κ3) is 4.64. The van der Waals surface area contributed by atoms with E-state index < -0.39 is 0 Å². The fourth-order valence-electron chi connectivity index (χ4n) is 4.64. The number of piperazine rings is 1. The van der Waals surface area contributed by atoms with Crippen molar-refractivity contribution < 1.29 is 5.11 Å². The average molecular weight is 397 g/mol. The molecule has 1 aromatic carbocycles. The lowest BCUT2D eigenvalue weighted by atomic mass is 9.90. The maximum atomic E-state index is 11.8. The molecule has 29 heavy (non-hydrogen) atoms. The summed E-state index contributed by atoms with van der Waals surface area (Å²) in [5, 5.41) is 9.50. The first-order valence-corrected chi connectivity index (χ1v) is 11.0. The van der Waals surface area contributed by atoms with Crippen LogP contribution in [0.25, 0.3) is 0 Å². The number of hydrogen-bond donors (Lipinski definition) is 1. The zero-order valence-corrected chi connectivity index (χ0v) is 17.4. The normalized spacial score (nSPS) is 17.3. The first-order chi connectivity index (χ1) is 14.1. The Hall–Kier alpha value is -2.34. The molecule has 1 N–H and O–H groups in total. The molecule has 2 aliphatic rings. The molecule has 0 atom stereocenters. The summed E-state index contributed by atoms with van der Waals surface area (Å²) in [7, 11) is 0. The topological polar surface area (TPSA) is 61.6 Å². The van der Waals surface area contributed by atoms with Gasteiger partial charge in [0.25, 0.3) is 0 Å². The van der Waals surface area contributed by atoms with Gasteiger partial charge >= 0.3 is 5.69 Å². The minimum absolute atomic E-state index is 0.163. The Balaban J connectivity index is 1.24. The number of benzene rings is 1. The lowest BCUT2D eigenvalue weighted by Crippen LogP contribution is -2.47. The van der Waals surface area contributed by atoms with Gasteiger partial charge in [-0.3, -0.25) is 9.47 Å². The van der Waals surface area contributed by atoms with E-state index in [0.717, 1.165) is 45.6 Å². The van der Waals surface area contributed by atoms with Crippen LogP contribution in [0.5, 0.6) is 5.88 Å². The van der Waals surface area contributed by atoms with Crippen LogP contribution in [-0.4, -0.2) is 52.3 Å². The molecule has 0 radical (unpaired) electrons. The number of unbranched alkanes of at least 4 members (excludes halogenated alkanes) is 1. The Morgan fingerprint density at radius 1 is 1.03 bits per heavy atom. The maximum absolute atomic E-state index is 11.8. The molecule has 156 valence electrons. The van der Waals surface area contributed by atoms with E-state index in [1.165, 1.54) is 31.4 Å². The van der Waals surface area contributed by atoms with Crippen molar-refractivity contribution >= 4 is 5.69 Å². The zero-order valence-electron chi connectivity index (χ0n) is 17.4. The number of aromatic nitrogens is 2. The van der Waals surface area contributed by atoms with Crippen molar-refractivity contribution in [3.8, 4) is 5.88 Å². The molecule has 0 amide bonds. The number of nitrogens with zero attached hydrogens (tertiary/aromatic N) is 4. The van der Waals surface area contributed by atoms with Gasteiger partial charge in [-0.05, 0) is 69.2 Å². The van der Waals surface area contributed by atoms with E-state index in [9.17, 15) is 9.90 Å². The van der Waals surface area contributed by atoms with Gasteiger partial charge in [-0.15, -0.1) is 0 Å². The second-order valence-electron chi connectivity index (χ2n) is 8.38. The molecule has 6 heteroatoms. The molecule has 0 unspecified atom stereocenters. The van der Waals surface area contributed by atoms with Gasteiger partial charge in [0.15, 0.2) is 0 Å². The highest BCUT2D eigenvalue weighted by Crippen LogP contribution is 2.31. The quantitative estimate of drug-likeness (QED) is 0.761. The van der Waals surface area contributed by atoms with Gasteiger partial charge in [-0.2, -0.15) is 4.98 Å². The van der Waals surface area contributed by atoms with Crippen LogP contribution in [-0.2, 0) is 19.4 Å². The van der Waals surface area contributed by atoms with E-state index in [1.54, 1.807) is 28.8 Å². The highest BCUT2D eigenvalue weighted by atomic mass is 16.3. The van der Waals surface area contributed by atoms with E-state index in [4.69, 9.17) is 0 Å². The van der Waals surface area contributed by atoms with Crippen LogP contribution in [0, 0.1) is 6.92 Å². The van der Waals surface area contributed by atoms with Crippen molar-refractivity contribution in [1.82, 2.24) is 14.5 Å². The Bertz CT molecular complexity index is 900. The molecular weight excluding hydrogens is 364 g/mol. The zero-order chi connectivity index (χ0) is 20.2. The maximum Gasteiger partial charge on any atom is 0.350 e. The van der Waals surface area contributed by atoms with Gasteiger partial charge in [0, 0.05) is 50.2 Å². The van der Waals surface area contributed by atoms with Gasteiger partial charge < -0.3 is 10.0 Å². The largest absolute Gasteiger partial charge is 0.493 e. The van der Waals surface area contributed by atoms with Crippen molar-refractivity contribution in [2.24, 2.45) is 0 Å². The van der Waals surface area contributed by atoms with Crippen LogP contribution in [0.3, 0.4) is 0 Å². The summed E-state index contributed by atoms with van der Waals surface area (Å²) in [6.07, 6.45) is 8.83. The lowest BCUT2D eigenvalue weighted by molar-refractivity contribution is 0.251. The summed E-state index contributed by atoms with van der Waals surface area (Å²) in [4.78, 5) is 20.6. The van der Waals surface area contributed by atoms with E-state index in [0.29, 0.717) is 12.1 Å². The fraction of sp³-hybridized carbons (Fsp3) is 0.565. The molecule has 1 aliphatic heterocycles. The summed E-state index contributed by atoms with van der Waals surface area (Å²) in [5.41, 5.74) is 4.90. The predicted octanol–water partition coefficient (Wildman–Crippen LogP) is 2.74. The van der Waals surface area contributed by atoms with E-state index >= 15 is 0 Å². The van der Waals surface area contributed by atoms with Gasteiger partial charge in [-0.25, -0.2) is 4.79 Å². The molecule has 6 nitrogen and oxygen atoms in total. The second kappa shape index (κ2) is 8.99. The number of hydrogen-bond acceptors (Lipinski definition) is 5. The SMILES string of the molecule is Cc1cn(CCCCN2CCN(c3cccc4c3CCCC4)CC2)c(=O)nc1O. The summed E-state index contributed by atoms with van der Waals surface area (Å²) in [5.74, 6) is -0.163. The van der Waals surface area contributed by atoms with Crippen LogP contribution in [0.1, 0.15) is 42.4 Å². The lowest BCUT2D eigenvalue weighted by Gasteiger charge is -2.38. The van der Waals surface area contributed by atoms with Crippen LogP contribution in [0.2, 0.25) is 0 Å². The fourth-order valence-corrected chi connectivity index (χ4v) is 4.64. The molecule has 1 aromatic heterocycles. The molecular formula is C23H32N4O2. The highest BCUT2D eigenvalue weighted by molar-refractivity contribution is 5.58. The number of aromatic hydroxyl groups is 1. The number of aryl methyl sites for hydroxylation is 3. The predicted molar refractivity (Wildman–Crippen MR) is 116 cm³/mol. The first-order valence-electron chi connectivity index (χ1n) is 11.0. The van der Waals surface area contributed by atoms with Crippen LogP contribution in [0.15, 0.2) is 29.2 Å². The first kappa shape index (κ1) is 20.0. The number of fused-ring (bicyclic) bond motifs is 1. The molecule has 4 rings (SSSR count). The Kier molecular flexibility index (Phi) is 6.19. The molecule has 1 saturated heterocycles. The minimum Gasteiger partial charge on any atom is -0.493 e. The van der Waals surface area contributed by atoms with Crippen LogP contribution in [0.4, 0.5) is 5.69 Å². The Labute approximate surface area is 172 Å². The van der Waals surface area contributed by atoms with Crippen LogP contribution >= 0.6 is 0 Å². The molecule has 0 bridgehead atoms. The number of anilines is 1. The summed E-state index contributed by atoms with van der Waals surface area (Å²) in [6.45, 7) is 7.88. The average Bonchev–Trinajstić information content (AvgIpc) is 2.75. The van der Waals surface area contributed by atoms with Crippen molar-refractivity contribution in [2.75, 3.05) is 37.6 Å². The van der Waals surface area contributed by atoms with Crippen LogP contribution < -0.4 is 10.6 Å². The molecule has 2 aromatic rings. The van der Waals surface area contributed by atoms with E-state index in [2.05, 4.69) is 33.0 Å². The summed E-state index contributed by atoms with van der Waals surface area (Å²) < 4.78 is 1.60. The van der Waals surface area contributed by atoms with E-state index in [1.807, 2.05) is 0 Å². The molecule has 0 saturated carbocycles. The second-order valence-corrected chi connectivity index (χ2v) is 8.38. The third-order valence-electron chi connectivity index (χ3n) is 6.36. The third-order valence-corrected chi connectivity index (χ3v) is 6.36. The Morgan fingerprint density at radius 3 is 2.62 bits per heavy atom. The summed E-state index contributed by atoms with van der Waals surface area (Å²) >= 11 is 0.